The minimum Gasteiger partial charge on any atom is -0.0533 e. The minimum absolute atomic E-state index is 0. The molecule has 1 aromatic rings. The Morgan fingerprint density at radius 1 is 1.25 bits per heavy atom. The zero-order chi connectivity index (χ0) is 5.11. The van der Waals surface area contributed by atoms with Crippen LogP contribution in [0.5, 0.6) is 0 Å². The van der Waals surface area contributed by atoms with Crippen molar-refractivity contribution in [2.24, 2.45) is 0 Å². The van der Waals surface area contributed by atoms with E-state index in [1.165, 1.54) is 0 Å². The van der Waals surface area contributed by atoms with Gasteiger partial charge < -0.3 is 0 Å². The van der Waals surface area contributed by atoms with Crippen LogP contribution in [0.25, 0.3) is 0 Å². The van der Waals surface area contributed by atoms with E-state index in [1.54, 1.807) is 0 Å². The van der Waals surface area contributed by atoms with Crippen molar-refractivity contribution in [1.29, 1.82) is 0 Å². The Labute approximate surface area is 67.9 Å². The molecule has 0 atom stereocenters. The number of hydrogen-bond donors (Lipinski definition) is 0. The maximum atomic E-state index is 3.29. The molecule has 0 bridgehead atoms. The van der Waals surface area contributed by atoms with Gasteiger partial charge in [-0.05, 0) is 18.2 Å². The van der Waals surface area contributed by atoms with Crippen molar-refractivity contribution in [3.63, 3.8) is 0 Å². The zero-order valence-electron chi connectivity index (χ0n) is 4.04. The molecule has 8 heavy (non-hydrogen) atoms. The summed E-state index contributed by atoms with van der Waals surface area (Å²) >= 11 is 3.29. The van der Waals surface area contributed by atoms with Crippen molar-refractivity contribution < 1.29 is 17.1 Å². The van der Waals surface area contributed by atoms with Crippen LogP contribution in [0.1, 0.15) is 0 Å². The summed E-state index contributed by atoms with van der Waals surface area (Å²) in [7, 11) is 0. The predicted octanol–water partition coefficient (Wildman–Crippen LogP) is 2.25. The van der Waals surface area contributed by atoms with E-state index in [-0.39, 0.29) is 17.1 Å². The van der Waals surface area contributed by atoms with E-state index in [0.717, 1.165) is 4.47 Å². The smallest absolute Gasteiger partial charge is 0.0175 e. The first kappa shape index (κ1) is 8.22. The maximum Gasteiger partial charge on any atom is 0.0175 e. The molecule has 0 unspecified atom stereocenters. The summed E-state index contributed by atoms with van der Waals surface area (Å²) in [5.74, 6) is 0. The molecule has 0 aliphatic heterocycles. The molecule has 0 nitrogen and oxygen atoms in total. The molecule has 0 aliphatic carbocycles. The van der Waals surface area contributed by atoms with Crippen molar-refractivity contribution in [2.45, 2.75) is 0 Å². The molecule has 1 aromatic carbocycles. The third kappa shape index (κ3) is 2.51. The van der Waals surface area contributed by atoms with Crippen molar-refractivity contribution in [3.05, 3.63) is 34.8 Å². The van der Waals surface area contributed by atoms with Crippen molar-refractivity contribution in [2.75, 3.05) is 0 Å². The monoisotopic (exact) mass is 211 g/mol. The van der Waals surface area contributed by atoms with E-state index < -0.39 is 0 Å². The van der Waals surface area contributed by atoms with Gasteiger partial charge in [-0.15, -0.1) is 0 Å². The quantitative estimate of drug-likeness (QED) is 0.578. The first-order chi connectivity index (χ1) is 3.39. The molecule has 1 radical (unpaired) electrons. The van der Waals surface area contributed by atoms with Gasteiger partial charge in [-0.1, -0.05) is 28.1 Å². The van der Waals surface area contributed by atoms with Crippen LogP contribution < -0.4 is 0 Å². The van der Waals surface area contributed by atoms with Gasteiger partial charge in [-0.2, -0.15) is 0 Å². The second-order valence-electron chi connectivity index (χ2n) is 1.22. The van der Waals surface area contributed by atoms with Crippen molar-refractivity contribution in [1.82, 2.24) is 0 Å². The third-order valence-electron chi connectivity index (χ3n) is 0.678. The van der Waals surface area contributed by atoms with Gasteiger partial charge in [-0.3, -0.25) is 0 Å². The van der Waals surface area contributed by atoms with Gasteiger partial charge in [-0.25, -0.2) is 0 Å². The van der Waals surface area contributed by atoms with Gasteiger partial charge in [0.1, 0.15) is 0 Å². The average Bonchev–Trinajstić information content (AvgIpc) is 1.69. The Balaban J connectivity index is 0.000000490. The minimum atomic E-state index is 0. The summed E-state index contributed by atoms with van der Waals surface area (Å²) in [5.41, 5.74) is 0. The van der Waals surface area contributed by atoms with E-state index >= 15 is 0 Å². The SMILES string of the molecule is Brc1cc[c]cc1.[Fe]. The summed E-state index contributed by atoms with van der Waals surface area (Å²) in [6.07, 6.45) is 0. The molecule has 0 N–H and O–H groups in total. The van der Waals surface area contributed by atoms with E-state index in [2.05, 4.69) is 22.0 Å². The molecule has 0 heterocycles. The molecule has 43 valence electrons. The summed E-state index contributed by atoms with van der Waals surface area (Å²) in [4.78, 5) is 0. The van der Waals surface area contributed by atoms with Crippen LogP contribution in [0, 0.1) is 6.07 Å². The van der Waals surface area contributed by atoms with Gasteiger partial charge in [0.15, 0.2) is 0 Å². The van der Waals surface area contributed by atoms with Gasteiger partial charge in [0, 0.05) is 21.5 Å². The third-order valence-corrected chi connectivity index (χ3v) is 1.21. The number of benzene rings is 1. The molecule has 2 heteroatoms. The molecule has 0 amide bonds. The van der Waals surface area contributed by atoms with Gasteiger partial charge in [0.2, 0.25) is 0 Å². The van der Waals surface area contributed by atoms with Gasteiger partial charge in [0.25, 0.3) is 0 Å². The summed E-state index contributed by atoms with van der Waals surface area (Å²) < 4.78 is 1.10. The van der Waals surface area contributed by atoms with Gasteiger partial charge in [0.05, 0.1) is 0 Å². The molecular weight excluding hydrogens is 208 g/mol. The fourth-order valence-corrected chi connectivity index (χ4v) is 0.631. The van der Waals surface area contributed by atoms with E-state index in [0.29, 0.717) is 0 Å². The largest absolute Gasteiger partial charge is 0.0533 e. The molecule has 0 spiro atoms. The Morgan fingerprint density at radius 2 is 1.75 bits per heavy atom. The summed E-state index contributed by atoms with van der Waals surface area (Å²) in [6.45, 7) is 0. The molecule has 0 aliphatic rings. The number of hydrogen-bond acceptors (Lipinski definition) is 0. The van der Waals surface area contributed by atoms with Gasteiger partial charge >= 0.3 is 0 Å². The Morgan fingerprint density at radius 3 is 2.00 bits per heavy atom. The van der Waals surface area contributed by atoms with E-state index in [1.807, 2.05) is 24.3 Å². The first-order valence-electron chi connectivity index (χ1n) is 2.01. The van der Waals surface area contributed by atoms with Crippen LogP contribution in [0.2, 0.25) is 0 Å². The molecule has 0 saturated heterocycles. The van der Waals surface area contributed by atoms with Crippen LogP contribution in [0.15, 0.2) is 28.7 Å². The first-order valence-corrected chi connectivity index (χ1v) is 2.80. The summed E-state index contributed by atoms with van der Waals surface area (Å²) in [5, 5.41) is 0. The predicted molar refractivity (Wildman–Crippen MR) is 33.0 cm³/mol. The number of halogens is 1. The molecule has 1 rings (SSSR count). The van der Waals surface area contributed by atoms with Crippen LogP contribution in [0.3, 0.4) is 0 Å². The molecule has 0 saturated carbocycles. The Kier molecular flexibility index (Phi) is 4.25. The second-order valence-corrected chi connectivity index (χ2v) is 2.13. The van der Waals surface area contributed by atoms with Crippen molar-refractivity contribution in [3.8, 4) is 0 Å². The molecule has 0 fully saturated rings. The number of rotatable bonds is 0. The second kappa shape index (κ2) is 4.13. The fraction of sp³-hybridized carbons (Fsp3) is 0. The fourth-order valence-electron chi connectivity index (χ4n) is 0.367. The van der Waals surface area contributed by atoms with Crippen molar-refractivity contribution >= 4 is 15.9 Å². The molecular formula is C6H4BrFe. The Bertz CT molecular complexity index is 138. The van der Waals surface area contributed by atoms with E-state index in [9.17, 15) is 0 Å². The van der Waals surface area contributed by atoms with Crippen LogP contribution >= 0.6 is 15.9 Å². The maximum absolute atomic E-state index is 3.29. The Hall–Kier alpha value is 0.219. The van der Waals surface area contributed by atoms with Crippen LogP contribution in [-0.4, -0.2) is 0 Å². The van der Waals surface area contributed by atoms with E-state index in [4.69, 9.17) is 0 Å². The standard InChI is InChI=1S/C6H4Br.Fe/c7-6-4-2-1-3-5-6;/h2-5H;. The average molecular weight is 212 g/mol. The van der Waals surface area contributed by atoms with Crippen LogP contribution in [-0.2, 0) is 17.1 Å². The normalized spacial score (nSPS) is 7.62. The van der Waals surface area contributed by atoms with Crippen LogP contribution in [0.4, 0.5) is 0 Å². The topological polar surface area (TPSA) is 0 Å². The molecule has 0 aromatic heterocycles. The summed E-state index contributed by atoms with van der Waals surface area (Å²) in [6, 6.07) is 10.5. The zero-order valence-corrected chi connectivity index (χ0v) is 6.73.